The normalized spacial score (nSPS) is 20.6. The molecule has 0 aliphatic carbocycles. The third-order valence-electron chi connectivity index (χ3n) is 3.13. The molecule has 0 amide bonds. The van der Waals surface area contributed by atoms with Crippen LogP contribution in [-0.4, -0.2) is 25.3 Å². The van der Waals surface area contributed by atoms with Gasteiger partial charge in [-0.25, -0.2) is 8.42 Å². The molecule has 1 heterocycles. The number of nitriles is 1. The highest BCUT2D eigenvalue weighted by Gasteiger charge is 2.36. The number of hydrogen-bond acceptors (Lipinski definition) is 3. The van der Waals surface area contributed by atoms with Crippen molar-refractivity contribution in [3.8, 4) is 6.07 Å². The second kappa shape index (κ2) is 6.20. The number of halogens is 3. The van der Waals surface area contributed by atoms with E-state index in [0.717, 1.165) is 12.8 Å². The molecule has 1 aromatic carbocycles. The van der Waals surface area contributed by atoms with E-state index in [1.54, 1.807) is 0 Å². The summed E-state index contributed by atoms with van der Waals surface area (Å²) in [5, 5.41) is 9.22. The molecule has 0 saturated carbocycles. The van der Waals surface area contributed by atoms with Crippen LogP contribution in [0.3, 0.4) is 0 Å². The summed E-state index contributed by atoms with van der Waals surface area (Å²) in [6.45, 7) is 0.309. The largest absolute Gasteiger partial charge is 0.247 e. The number of sulfonamides is 1. The molecule has 1 aromatic rings. The van der Waals surface area contributed by atoms with Crippen molar-refractivity contribution in [1.82, 2.24) is 4.31 Å². The average molecular weight is 398 g/mol. The Balaban J connectivity index is 2.53. The van der Waals surface area contributed by atoms with Gasteiger partial charge in [-0.15, -0.1) is 0 Å². The maximum atomic E-state index is 12.7. The lowest BCUT2D eigenvalue weighted by molar-refractivity contribution is 0.297. The first kappa shape index (κ1) is 16.1. The second-order valence-electron chi connectivity index (χ2n) is 4.45. The minimum Gasteiger partial charge on any atom is -0.207 e. The highest BCUT2D eigenvalue weighted by Crippen LogP contribution is 2.36. The molecule has 108 valence electrons. The third kappa shape index (κ3) is 2.97. The molecule has 0 radical (unpaired) electrons. The standard InChI is InChI=1S/C12H11BrCl2N2O2S/c13-8-5-10(14)12(11(15)6-8)20(18,19)17-4-2-1-3-9(17)7-16/h5-6,9H,1-4H2. The molecule has 1 fully saturated rings. The molecule has 20 heavy (non-hydrogen) atoms. The molecule has 0 aromatic heterocycles. The summed E-state index contributed by atoms with van der Waals surface area (Å²) in [5.41, 5.74) is 0. The maximum absolute atomic E-state index is 12.7. The van der Waals surface area contributed by atoms with Crippen LogP contribution in [0.5, 0.6) is 0 Å². The van der Waals surface area contributed by atoms with Crippen molar-refractivity contribution in [3.05, 3.63) is 26.7 Å². The number of nitrogens with zero attached hydrogens (tertiary/aromatic N) is 2. The average Bonchev–Trinajstić information content (AvgIpc) is 2.37. The predicted molar refractivity (Wildman–Crippen MR) is 81.3 cm³/mol. The lowest BCUT2D eigenvalue weighted by Crippen LogP contribution is -2.43. The fraction of sp³-hybridized carbons (Fsp3) is 0.417. The molecule has 1 unspecified atom stereocenters. The molecule has 1 atom stereocenters. The second-order valence-corrected chi connectivity index (χ2v) is 8.01. The molecule has 1 aliphatic heterocycles. The molecule has 1 aliphatic rings. The van der Waals surface area contributed by atoms with Crippen LogP contribution < -0.4 is 0 Å². The van der Waals surface area contributed by atoms with Gasteiger partial charge in [0.25, 0.3) is 0 Å². The summed E-state index contributed by atoms with van der Waals surface area (Å²) in [4.78, 5) is -0.133. The lowest BCUT2D eigenvalue weighted by atomic mass is 10.1. The van der Waals surface area contributed by atoms with Crippen LogP contribution in [0, 0.1) is 11.3 Å². The number of piperidine rings is 1. The van der Waals surface area contributed by atoms with Gasteiger partial charge in [0.2, 0.25) is 10.0 Å². The molecule has 1 saturated heterocycles. The van der Waals surface area contributed by atoms with Crippen LogP contribution >= 0.6 is 39.1 Å². The van der Waals surface area contributed by atoms with E-state index in [0.29, 0.717) is 17.4 Å². The molecular formula is C12H11BrCl2N2O2S. The van der Waals surface area contributed by atoms with Crippen molar-refractivity contribution < 1.29 is 8.42 Å². The fourth-order valence-electron chi connectivity index (χ4n) is 2.21. The molecule has 2 rings (SSSR count). The van der Waals surface area contributed by atoms with Crippen LogP contribution in [0.4, 0.5) is 0 Å². The van der Waals surface area contributed by atoms with Crippen LogP contribution in [0.1, 0.15) is 19.3 Å². The highest BCUT2D eigenvalue weighted by molar-refractivity contribution is 9.10. The summed E-state index contributed by atoms with van der Waals surface area (Å²) in [7, 11) is -3.88. The summed E-state index contributed by atoms with van der Waals surface area (Å²) >= 11 is 15.3. The number of benzene rings is 1. The first-order chi connectivity index (χ1) is 9.37. The van der Waals surface area contributed by atoms with E-state index in [4.69, 9.17) is 28.5 Å². The fourth-order valence-corrected chi connectivity index (χ4v) is 5.71. The van der Waals surface area contributed by atoms with Gasteiger partial charge in [0.15, 0.2) is 0 Å². The zero-order valence-corrected chi connectivity index (χ0v) is 14.2. The van der Waals surface area contributed by atoms with Crippen molar-refractivity contribution in [2.24, 2.45) is 0 Å². The zero-order chi connectivity index (χ0) is 14.9. The van der Waals surface area contributed by atoms with Crippen molar-refractivity contribution in [1.29, 1.82) is 5.26 Å². The van der Waals surface area contributed by atoms with Gasteiger partial charge in [-0.05, 0) is 31.4 Å². The van der Waals surface area contributed by atoms with Gasteiger partial charge < -0.3 is 0 Å². The number of rotatable bonds is 2. The lowest BCUT2D eigenvalue weighted by Gasteiger charge is -2.30. The van der Waals surface area contributed by atoms with Crippen LogP contribution in [0.15, 0.2) is 21.5 Å². The summed E-state index contributed by atoms with van der Waals surface area (Å²) in [6, 6.07) is 4.32. The number of hydrogen-bond donors (Lipinski definition) is 0. The van der Waals surface area contributed by atoms with Gasteiger partial charge in [0.05, 0.1) is 16.1 Å². The Morgan fingerprint density at radius 2 is 1.90 bits per heavy atom. The molecular weight excluding hydrogens is 387 g/mol. The summed E-state index contributed by atoms with van der Waals surface area (Å²) in [5.74, 6) is 0. The quantitative estimate of drug-likeness (QED) is 0.761. The van der Waals surface area contributed by atoms with E-state index in [1.807, 2.05) is 6.07 Å². The first-order valence-electron chi connectivity index (χ1n) is 5.94. The van der Waals surface area contributed by atoms with Gasteiger partial charge in [-0.2, -0.15) is 9.57 Å². The summed E-state index contributed by atoms with van der Waals surface area (Å²) in [6.07, 6.45) is 2.09. The van der Waals surface area contributed by atoms with Gasteiger partial charge in [0.1, 0.15) is 10.9 Å². The van der Waals surface area contributed by atoms with Gasteiger partial charge in [0, 0.05) is 11.0 Å². The van der Waals surface area contributed by atoms with E-state index in [-0.39, 0.29) is 14.9 Å². The molecule has 8 heteroatoms. The van der Waals surface area contributed by atoms with E-state index in [1.165, 1.54) is 16.4 Å². The van der Waals surface area contributed by atoms with E-state index >= 15 is 0 Å². The Morgan fingerprint density at radius 3 is 2.45 bits per heavy atom. The maximum Gasteiger partial charge on any atom is 0.247 e. The van der Waals surface area contributed by atoms with E-state index in [9.17, 15) is 8.42 Å². The third-order valence-corrected chi connectivity index (χ3v) is 6.42. The Kier molecular flexibility index (Phi) is 4.98. The van der Waals surface area contributed by atoms with Crippen molar-refractivity contribution >= 4 is 49.2 Å². The van der Waals surface area contributed by atoms with Crippen LogP contribution in [-0.2, 0) is 10.0 Å². The molecule has 0 bridgehead atoms. The minimum absolute atomic E-state index is 0.0478. The Labute approximate surface area is 136 Å². The molecule has 4 nitrogen and oxygen atoms in total. The van der Waals surface area contributed by atoms with Gasteiger partial charge >= 0.3 is 0 Å². The van der Waals surface area contributed by atoms with Gasteiger partial charge in [-0.3, -0.25) is 0 Å². The van der Waals surface area contributed by atoms with Crippen molar-refractivity contribution in [3.63, 3.8) is 0 Å². The monoisotopic (exact) mass is 396 g/mol. The van der Waals surface area contributed by atoms with E-state index < -0.39 is 16.1 Å². The topological polar surface area (TPSA) is 61.2 Å². The highest BCUT2D eigenvalue weighted by atomic mass is 79.9. The van der Waals surface area contributed by atoms with Gasteiger partial charge in [-0.1, -0.05) is 39.1 Å². The zero-order valence-electron chi connectivity index (χ0n) is 10.3. The van der Waals surface area contributed by atoms with Crippen molar-refractivity contribution in [2.45, 2.75) is 30.2 Å². The first-order valence-corrected chi connectivity index (χ1v) is 8.93. The van der Waals surface area contributed by atoms with Crippen molar-refractivity contribution in [2.75, 3.05) is 6.54 Å². The molecule has 0 N–H and O–H groups in total. The SMILES string of the molecule is N#CC1CCCCN1S(=O)(=O)c1c(Cl)cc(Br)cc1Cl. The smallest absolute Gasteiger partial charge is 0.207 e. The van der Waals surface area contributed by atoms with Crippen LogP contribution in [0.25, 0.3) is 0 Å². The Bertz CT molecular complexity index is 650. The Hall–Kier alpha value is -0.320. The molecule has 0 spiro atoms. The predicted octanol–water partition coefficient (Wildman–Crippen LogP) is 3.82. The van der Waals surface area contributed by atoms with Crippen LogP contribution in [0.2, 0.25) is 10.0 Å². The van der Waals surface area contributed by atoms with E-state index in [2.05, 4.69) is 15.9 Å². The Morgan fingerprint density at radius 1 is 1.30 bits per heavy atom. The summed E-state index contributed by atoms with van der Waals surface area (Å²) < 4.78 is 27.2. The minimum atomic E-state index is -3.88.